The van der Waals surface area contributed by atoms with E-state index in [1.165, 1.54) is 5.56 Å². The van der Waals surface area contributed by atoms with Gasteiger partial charge >= 0.3 is 0 Å². The predicted molar refractivity (Wildman–Crippen MR) is 86.7 cm³/mol. The number of piperidine rings is 1. The van der Waals surface area contributed by atoms with Crippen molar-refractivity contribution in [2.45, 2.75) is 39.7 Å². The van der Waals surface area contributed by atoms with Crippen molar-refractivity contribution in [3.63, 3.8) is 0 Å². The molecule has 23 heavy (non-hydrogen) atoms. The number of aryl methyl sites for hydroxylation is 3. The highest BCUT2D eigenvalue weighted by atomic mass is 16.5. The number of aromatic nitrogens is 1. The Hall–Kier alpha value is -2.30. The van der Waals surface area contributed by atoms with Gasteiger partial charge in [-0.05, 0) is 38.0 Å². The van der Waals surface area contributed by atoms with Gasteiger partial charge in [0.1, 0.15) is 17.6 Å². The fourth-order valence-corrected chi connectivity index (χ4v) is 2.82. The first-order valence-corrected chi connectivity index (χ1v) is 7.99. The quantitative estimate of drug-likeness (QED) is 0.872. The summed E-state index contributed by atoms with van der Waals surface area (Å²) >= 11 is 0. The second-order valence-electron chi connectivity index (χ2n) is 6.20. The van der Waals surface area contributed by atoms with Crippen molar-refractivity contribution in [1.29, 1.82) is 0 Å². The van der Waals surface area contributed by atoms with E-state index in [1.54, 1.807) is 13.0 Å². The molecule has 0 bridgehead atoms. The van der Waals surface area contributed by atoms with Gasteiger partial charge in [-0.25, -0.2) is 0 Å². The van der Waals surface area contributed by atoms with Crippen LogP contribution in [0.15, 0.2) is 28.8 Å². The highest BCUT2D eigenvalue weighted by Gasteiger charge is 2.26. The molecule has 0 aliphatic carbocycles. The van der Waals surface area contributed by atoms with Gasteiger partial charge in [0.05, 0.1) is 0 Å². The van der Waals surface area contributed by atoms with Crippen LogP contribution in [-0.4, -0.2) is 35.2 Å². The van der Waals surface area contributed by atoms with Crippen molar-refractivity contribution in [2.24, 2.45) is 0 Å². The fourth-order valence-electron chi connectivity index (χ4n) is 2.82. The Morgan fingerprint density at radius 1 is 1.22 bits per heavy atom. The summed E-state index contributed by atoms with van der Waals surface area (Å²) in [6, 6.07) is 7.92. The molecule has 3 rings (SSSR count). The number of nitrogens with zero attached hydrogens (tertiary/aromatic N) is 2. The number of hydrogen-bond donors (Lipinski definition) is 0. The molecule has 5 nitrogen and oxygen atoms in total. The predicted octanol–water partition coefficient (Wildman–Crippen LogP) is 3.28. The Bertz CT molecular complexity index is 700. The van der Waals surface area contributed by atoms with Crippen LogP contribution in [0.1, 0.15) is 40.2 Å². The van der Waals surface area contributed by atoms with Crippen molar-refractivity contribution in [2.75, 3.05) is 13.1 Å². The Morgan fingerprint density at radius 3 is 2.61 bits per heavy atom. The van der Waals surface area contributed by atoms with Gasteiger partial charge < -0.3 is 14.2 Å². The topological polar surface area (TPSA) is 55.6 Å². The first kappa shape index (κ1) is 15.6. The molecule has 5 heteroatoms. The highest BCUT2D eigenvalue weighted by Crippen LogP contribution is 2.24. The van der Waals surface area contributed by atoms with Gasteiger partial charge in [0, 0.05) is 32.0 Å². The standard InChI is InChI=1S/C18H22N2O3/c1-12-4-5-13(2)17(10-12)22-15-6-8-20(9-7-15)18(21)16-11-14(3)23-19-16/h4-5,10-11,15H,6-9H2,1-3H3. The van der Waals surface area contributed by atoms with Crippen LogP contribution in [0.4, 0.5) is 0 Å². The lowest BCUT2D eigenvalue weighted by molar-refractivity contribution is 0.0585. The molecule has 0 N–H and O–H groups in total. The maximum absolute atomic E-state index is 12.3. The lowest BCUT2D eigenvalue weighted by atomic mass is 10.1. The van der Waals surface area contributed by atoms with Gasteiger partial charge in [0.25, 0.3) is 5.91 Å². The van der Waals surface area contributed by atoms with E-state index >= 15 is 0 Å². The van der Waals surface area contributed by atoms with Crippen molar-refractivity contribution < 1.29 is 14.1 Å². The largest absolute Gasteiger partial charge is 0.490 e. The summed E-state index contributed by atoms with van der Waals surface area (Å²) in [5, 5.41) is 3.80. The minimum Gasteiger partial charge on any atom is -0.490 e. The van der Waals surface area contributed by atoms with Crippen molar-refractivity contribution >= 4 is 5.91 Å². The Labute approximate surface area is 136 Å². The van der Waals surface area contributed by atoms with Gasteiger partial charge in [-0.3, -0.25) is 4.79 Å². The summed E-state index contributed by atoms with van der Waals surface area (Å²) < 4.78 is 11.1. The molecule has 0 atom stereocenters. The molecular weight excluding hydrogens is 292 g/mol. The van der Waals surface area contributed by atoms with Gasteiger partial charge in [-0.1, -0.05) is 17.3 Å². The smallest absolute Gasteiger partial charge is 0.276 e. The maximum Gasteiger partial charge on any atom is 0.276 e. The van der Waals surface area contributed by atoms with Crippen LogP contribution >= 0.6 is 0 Å². The Balaban J connectivity index is 1.58. The first-order valence-electron chi connectivity index (χ1n) is 7.99. The number of carbonyl (C=O) groups excluding carboxylic acids is 1. The van der Waals surface area contributed by atoms with E-state index in [0.717, 1.165) is 24.2 Å². The number of benzene rings is 1. The molecule has 1 fully saturated rings. The third-order valence-electron chi connectivity index (χ3n) is 4.21. The number of likely N-dealkylation sites (tertiary alicyclic amines) is 1. The van der Waals surface area contributed by atoms with Gasteiger partial charge in [-0.2, -0.15) is 0 Å². The average Bonchev–Trinajstić information content (AvgIpc) is 2.97. The van der Waals surface area contributed by atoms with E-state index in [0.29, 0.717) is 24.5 Å². The zero-order valence-corrected chi connectivity index (χ0v) is 13.8. The molecule has 2 aromatic rings. The molecule has 1 aliphatic heterocycles. The third kappa shape index (κ3) is 3.55. The van der Waals surface area contributed by atoms with Crippen LogP contribution in [0.3, 0.4) is 0 Å². The fraction of sp³-hybridized carbons (Fsp3) is 0.444. The molecule has 2 heterocycles. The van der Waals surface area contributed by atoms with E-state index in [4.69, 9.17) is 9.26 Å². The molecule has 1 aliphatic rings. The van der Waals surface area contributed by atoms with Gasteiger partial charge in [-0.15, -0.1) is 0 Å². The molecule has 1 saturated heterocycles. The minimum absolute atomic E-state index is 0.0629. The zero-order chi connectivity index (χ0) is 16.4. The number of hydrogen-bond acceptors (Lipinski definition) is 4. The summed E-state index contributed by atoms with van der Waals surface area (Å²) in [5.74, 6) is 1.54. The number of rotatable bonds is 3. The number of carbonyl (C=O) groups is 1. The molecule has 0 spiro atoms. The van der Waals surface area contributed by atoms with Crippen LogP contribution in [0.25, 0.3) is 0 Å². The second kappa shape index (κ2) is 6.44. The SMILES string of the molecule is Cc1ccc(C)c(OC2CCN(C(=O)c3cc(C)on3)CC2)c1. The van der Waals surface area contributed by atoms with Gasteiger partial charge in [0.15, 0.2) is 5.69 Å². The molecule has 0 unspecified atom stereocenters. The normalized spacial score (nSPS) is 15.7. The van der Waals surface area contributed by atoms with Crippen molar-refractivity contribution in [1.82, 2.24) is 10.1 Å². The lowest BCUT2D eigenvalue weighted by Crippen LogP contribution is -2.42. The summed E-state index contributed by atoms with van der Waals surface area (Å²) in [6.07, 6.45) is 1.81. The average molecular weight is 314 g/mol. The van der Waals surface area contributed by atoms with Crippen LogP contribution in [-0.2, 0) is 0 Å². The Morgan fingerprint density at radius 2 is 1.96 bits per heavy atom. The summed E-state index contributed by atoms with van der Waals surface area (Å²) in [6.45, 7) is 7.27. The maximum atomic E-state index is 12.3. The van der Waals surface area contributed by atoms with Gasteiger partial charge in [0.2, 0.25) is 0 Å². The van der Waals surface area contributed by atoms with Crippen LogP contribution in [0.5, 0.6) is 5.75 Å². The molecule has 1 amide bonds. The third-order valence-corrected chi connectivity index (χ3v) is 4.21. The van der Waals surface area contributed by atoms with E-state index in [-0.39, 0.29) is 12.0 Å². The summed E-state index contributed by atoms with van der Waals surface area (Å²) in [4.78, 5) is 14.2. The highest BCUT2D eigenvalue weighted by molar-refractivity contribution is 5.92. The molecule has 122 valence electrons. The summed E-state index contributed by atoms with van der Waals surface area (Å²) in [7, 11) is 0. The van der Waals surface area contributed by atoms with E-state index < -0.39 is 0 Å². The van der Waals surface area contributed by atoms with Crippen LogP contribution in [0, 0.1) is 20.8 Å². The lowest BCUT2D eigenvalue weighted by Gasteiger charge is -2.32. The van der Waals surface area contributed by atoms with E-state index in [2.05, 4.69) is 37.2 Å². The molecule has 0 radical (unpaired) electrons. The Kier molecular flexibility index (Phi) is 4.37. The second-order valence-corrected chi connectivity index (χ2v) is 6.20. The van der Waals surface area contributed by atoms with E-state index in [1.807, 2.05) is 4.90 Å². The summed E-state index contributed by atoms with van der Waals surface area (Å²) in [5.41, 5.74) is 2.73. The monoisotopic (exact) mass is 314 g/mol. The van der Waals surface area contributed by atoms with Crippen LogP contribution in [0.2, 0.25) is 0 Å². The van der Waals surface area contributed by atoms with Crippen molar-refractivity contribution in [3.8, 4) is 5.75 Å². The minimum atomic E-state index is -0.0629. The van der Waals surface area contributed by atoms with Crippen LogP contribution < -0.4 is 4.74 Å². The number of ether oxygens (including phenoxy) is 1. The zero-order valence-electron chi connectivity index (χ0n) is 13.8. The molecule has 1 aromatic carbocycles. The number of amides is 1. The molecule has 1 aromatic heterocycles. The van der Waals surface area contributed by atoms with E-state index in [9.17, 15) is 4.79 Å². The first-order chi connectivity index (χ1) is 11.0. The molecular formula is C18H22N2O3. The van der Waals surface area contributed by atoms with Crippen molar-refractivity contribution in [3.05, 3.63) is 46.8 Å². The molecule has 0 saturated carbocycles.